The smallest absolute Gasteiger partial charge is 0.258 e. The number of aromatic amines is 1. The van der Waals surface area contributed by atoms with Crippen LogP contribution in [0.4, 0.5) is 5.82 Å². The van der Waals surface area contributed by atoms with E-state index in [4.69, 9.17) is 0 Å². The van der Waals surface area contributed by atoms with Gasteiger partial charge in [-0.2, -0.15) is 5.10 Å². The molecule has 0 saturated carbocycles. The summed E-state index contributed by atoms with van der Waals surface area (Å²) in [6.45, 7) is 0.589. The van der Waals surface area contributed by atoms with E-state index in [1.807, 2.05) is 48.5 Å². The molecular weight excluding hydrogens is 366 g/mol. The second-order valence-electron chi connectivity index (χ2n) is 6.79. The van der Waals surface area contributed by atoms with Gasteiger partial charge in [0.05, 0.1) is 23.6 Å². The van der Waals surface area contributed by atoms with E-state index in [0.717, 1.165) is 5.56 Å². The number of hydrogen-bond donors (Lipinski definition) is 2. The Balaban J connectivity index is 1.33. The van der Waals surface area contributed by atoms with Crippen molar-refractivity contribution in [1.82, 2.24) is 19.7 Å². The van der Waals surface area contributed by atoms with Crippen LogP contribution in [-0.4, -0.2) is 25.7 Å². The Morgan fingerprint density at radius 1 is 1.03 bits per heavy atom. The highest BCUT2D eigenvalue weighted by Gasteiger charge is 2.09. The second kappa shape index (κ2) is 8.52. The Kier molecular flexibility index (Phi) is 5.47. The molecule has 0 fully saturated rings. The van der Waals surface area contributed by atoms with Crippen LogP contribution in [0.25, 0.3) is 10.9 Å². The summed E-state index contributed by atoms with van der Waals surface area (Å²) < 4.78 is 1.76. The van der Waals surface area contributed by atoms with Gasteiger partial charge in [-0.25, -0.2) is 9.67 Å². The molecule has 0 unspecified atom stereocenters. The van der Waals surface area contributed by atoms with Crippen molar-refractivity contribution < 1.29 is 4.79 Å². The molecule has 0 radical (unpaired) electrons. The molecular formula is C22H21N5O2. The third-order valence-electron chi connectivity index (χ3n) is 4.64. The molecule has 0 aliphatic carbocycles. The van der Waals surface area contributed by atoms with Gasteiger partial charge in [-0.1, -0.05) is 42.5 Å². The molecule has 0 bridgehead atoms. The topological polar surface area (TPSA) is 92.7 Å². The number of carbonyl (C=O) groups is 1. The number of rotatable bonds is 7. The minimum atomic E-state index is -0.153. The summed E-state index contributed by atoms with van der Waals surface area (Å²) in [7, 11) is 0. The standard InChI is InChI=1S/C22H21N5O2/c28-21(26-20-13-14-23-27(20)15-16-7-2-1-3-8-16)12-6-11-19-24-18-10-5-4-9-17(18)22(29)25-19/h1-5,7-10,13-14H,6,11-12,15H2,(H,26,28)(H,24,25,29). The molecule has 4 rings (SSSR count). The molecule has 0 aliphatic rings. The molecule has 0 atom stereocenters. The van der Waals surface area contributed by atoms with Crippen LogP contribution in [0.15, 0.2) is 71.7 Å². The summed E-state index contributed by atoms with van der Waals surface area (Å²) in [6, 6.07) is 19.0. The van der Waals surface area contributed by atoms with Gasteiger partial charge in [0.2, 0.25) is 5.91 Å². The first-order valence-electron chi connectivity index (χ1n) is 9.52. The monoisotopic (exact) mass is 387 g/mol. The maximum absolute atomic E-state index is 12.3. The lowest BCUT2D eigenvalue weighted by molar-refractivity contribution is -0.116. The van der Waals surface area contributed by atoms with Crippen molar-refractivity contribution in [1.29, 1.82) is 0 Å². The minimum absolute atomic E-state index is 0.0945. The minimum Gasteiger partial charge on any atom is -0.311 e. The van der Waals surface area contributed by atoms with Crippen LogP contribution in [0.2, 0.25) is 0 Å². The van der Waals surface area contributed by atoms with Crippen molar-refractivity contribution >= 4 is 22.6 Å². The molecule has 0 aliphatic heterocycles. The summed E-state index contributed by atoms with van der Waals surface area (Å²) in [5.74, 6) is 1.16. The Morgan fingerprint density at radius 2 is 1.83 bits per heavy atom. The molecule has 2 aromatic heterocycles. The van der Waals surface area contributed by atoms with Crippen LogP contribution in [0.5, 0.6) is 0 Å². The zero-order valence-corrected chi connectivity index (χ0v) is 15.8. The van der Waals surface area contributed by atoms with Crippen molar-refractivity contribution in [3.63, 3.8) is 0 Å². The quantitative estimate of drug-likeness (QED) is 0.510. The zero-order chi connectivity index (χ0) is 20.1. The van der Waals surface area contributed by atoms with E-state index in [-0.39, 0.29) is 11.5 Å². The lowest BCUT2D eigenvalue weighted by atomic mass is 10.2. The predicted molar refractivity (Wildman–Crippen MR) is 112 cm³/mol. The number of fused-ring (bicyclic) bond motifs is 1. The fraction of sp³-hybridized carbons (Fsp3) is 0.182. The van der Waals surface area contributed by atoms with Crippen molar-refractivity contribution in [3.05, 3.63) is 88.6 Å². The number of para-hydroxylation sites is 1. The van der Waals surface area contributed by atoms with Gasteiger partial charge in [0.15, 0.2) is 0 Å². The SMILES string of the molecule is O=C(CCCc1nc2ccccc2c(=O)[nH]1)Nc1ccnn1Cc1ccccc1. The number of aryl methyl sites for hydroxylation is 1. The molecule has 4 aromatic rings. The average Bonchev–Trinajstić information content (AvgIpc) is 3.15. The Bertz CT molecular complexity index is 1180. The van der Waals surface area contributed by atoms with Crippen molar-refractivity contribution in [2.75, 3.05) is 5.32 Å². The van der Waals surface area contributed by atoms with E-state index in [9.17, 15) is 9.59 Å². The normalized spacial score (nSPS) is 10.9. The molecule has 2 heterocycles. The van der Waals surface area contributed by atoms with Gasteiger partial charge in [-0.05, 0) is 24.1 Å². The molecule has 0 spiro atoms. The number of anilines is 1. The Morgan fingerprint density at radius 3 is 2.69 bits per heavy atom. The summed E-state index contributed by atoms with van der Waals surface area (Å²) in [6.07, 6.45) is 3.10. The van der Waals surface area contributed by atoms with E-state index in [1.54, 1.807) is 23.0 Å². The molecule has 2 aromatic carbocycles. The maximum atomic E-state index is 12.3. The number of nitrogens with zero attached hydrogens (tertiary/aromatic N) is 3. The highest BCUT2D eigenvalue weighted by molar-refractivity contribution is 5.89. The third-order valence-corrected chi connectivity index (χ3v) is 4.64. The maximum Gasteiger partial charge on any atom is 0.258 e. The van der Waals surface area contributed by atoms with Gasteiger partial charge in [0.1, 0.15) is 11.6 Å². The van der Waals surface area contributed by atoms with E-state index in [2.05, 4.69) is 20.4 Å². The first-order valence-corrected chi connectivity index (χ1v) is 9.52. The number of hydrogen-bond acceptors (Lipinski definition) is 4. The molecule has 1 amide bonds. The lowest BCUT2D eigenvalue weighted by Gasteiger charge is -2.09. The van der Waals surface area contributed by atoms with Gasteiger partial charge < -0.3 is 10.3 Å². The first-order chi connectivity index (χ1) is 14.2. The van der Waals surface area contributed by atoms with Gasteiger partial charge in [-0.15, -0.1) is 0 Å². The molecule has 0 saturated heterocycles. The van der Waals surface area contributed by atoms with E-state index in [0.29, 0.717) is 48.4 Å². The number of amides is 1. The van der Waals surface area contributed by atoms with Crippen LogP contribution in [0.1, 0.15) is 24.2 Å². The van der Waals surface area contributed by atoms with Crippen molar-refractivity contribution in [2.24, 2.45) is 0 Å². The van der Waals surface area contributed by atoms with Crippen LogP contribution in [0, 0.1) is 0 Å². The number of benzene rings is 2. The highest BCUT2D eigenvalue weighted by Crippen LogP contribution is 2.12. The number of H-pyrrole nitrogens is 1. The van der Waals surface area contributed by atoms with Gasteiger partial charge in [0, 0.05) is 18.9 Å². The molecule has 29 heavy (non-hydrogen) atoms. The lowest BCUT2D eigenvalue weighted by Crippen LogP contribution is -2.16. The average molecular weight is 387 g/mol. The summed E-state index contributed by atoms with van der Waals surface area (Å²) in [5.41, 5.74) is 1.62. The first kappa shape index (κ1) is 18.6. The van der Waals surface area contributed by atoms with E-state index < -0.39 is 0 Å². The van der Waals surface area contributed by atoms with E-state index >= 15 is 0 Å². The van der Waals surface area contributed by atoms with Crippen molar-refractivity contribution in [3.8, 4) is 0 Å². The Hall–Kier alpha value is -3.74. The molecule has 146 valence electrons. The fourth-order valence-electron chi connectivity index (χ4n) is 3.20. The summed E-state index contributed by atoms with van der Waals surface area (Å²) in [5, 5.41) is 7.76. The van der Waals surface area contributed by atoms with Crippen LogP contribution in [-0.2, 0) is 17.8 Å². The van der Waals surface area contributed by atoms with Gasteiger partial charge in [-0.3, -0.25) is 9.59 Å². The third kappa shape index (κ3) is 4.57. The largest absolute Gasteiger partial charge is 0.311 e. The fourth-order valence-corrected chi connectivity index (χ4v) is 3.20. The number of nitrogens with one attached hydrogen (secondary N) is 2. The number of carbonyl (C=O) groups excluding carboxylic acids is 1. The second-order valence-corrected chi connectivity index (χ2v) is 6.79. The van der Waals surface area contributed by atoms with Crippen LogP contribution in [0.3, 0.4) is 0 Å². The molecule has 7 heteroatoms. The Labute approximate surface area is 167 Å². The molecule has 2 N–H and O–H groups in total. The highest BCUT2D eigenvalue weighted by atomic mass is 16.1. The summed E-state index contributed by atoms with van der Waals surface area (Å²) in [4.78, 5) is 31.7. The van der Waals surface area contributed by atoms with Crippen LogP contribution < -0.4 is 10.9 Å². The van der Waals surface area contributed by atoms with Gasteiger partial charge >= 0.3 is 0 Å². The van der Waals surface area contributed by atoms with E-state index in [1.165, 1.54) is 0 Å². The zero-order valence-electron chi connectivity index (χ0n) is 15.8. The van der Waals surface area contributed by atoms with Gasteiger partial charge in [0.25, 0.3) is 5.56 Å². The summed E-state index contributed by atoms with van der Waals surface area (Å²) >= 11 is 0. The molecule has 7 nitrogen and oxygen atoms in total. The van der Waals surface area contributed by atoms with Crippen LogP contribution >= 0.6 is 0 Å². The number of aromatic nitrogens is 4. The van der Waals surface area contributed by atoms with Crippen molar-refractivity contribution in [2.45, 2.75) is 25.8 Å². The predicted octanol–water partition coefficient (Wildman–Crippen LogP) is 3.13.